The molecule has 1 amide bonds. The topological polar surface area (TPSA) is 66.8 Å². The van der Waals surface area contributed by atoms with Crippen molar-refractivity contribution in [2.75, 3.05) is 19.8 Å². The van der Waals surface area contributed by atoms with Crippen LogP contribution in [0.2, 0.25) is 5.02 Å². The van der Waals surface area contributed by atoms with Crippen LogP contribution in [-0.2, 0) is 9.53 Å². The first-order chi connectivity index (χ1) is 9.47. The number of carbonyl (C=O) groups excluding carboxylic acids is 1. The first-order valence-electron chi connectivity index (χ1n) is 6.04. The van der Waals surface area contributed by atoms with Crippen molar-refractivity contribution in [1.29, 1.82) is 0 Å². The van der Waals surface area contributed by atoms with Crippen LogP contribution in [-0.4, -0.2) is 47.7 Å². The number of hydrogen-bond acceptors (Lipinski definition) is 3. The zero-order valence-electron chi connectivity index (χ0n) is 10.5. The van der Waals surface area contributed by atoms with E-state index >= 15 is 0 Å². The van der Waals surface area contributed by atoms with Gasteiger partial charge in [-0.1, -0.05) is 27.5 Å². The maximum absolute atomic E-state index is 12.5. The molecule has 1 N–H and O–H groups in total. The molecule has 7 heteroatoms. The Bertz CT molecular complexity index is 517. The van der Waals surface area contributed by atoms with Gasteiger partial charge in [-0.2, -0.15) is 0 Å². The fourth-order valence-corrected chi connectivity index (χ4v) is 3.00. The molecule has 1 unspecified atom stereocenters. The van der Waals surface area contributed by atoms with Gasteiger partial charge in [-0.3, -0.25) is 9.59 Å². The van der Waals surface area contributed by atoms with E-state index < -0.39 is 12.0 Å². The third kappa shape index (κ3) is 3.71. The number of rotatable bonds is 3. The molecule has 1 aromatic rings. The Hall–Kier alpha value is -1.11. The van der Waals surface area contributed by atoms with Crippen LogP contribution in [0.4, 0.5) is 0 Å². The standard InChI is InChI=1S/C13H13BrClNO4/c14-9-3-8(4-10(15)5-9)13(19)16-1-2-20-7-11(16)6-12(17)18/h3-5,11H,1-2,6-7H2,(H,17,18). The van der Waals surface area contributed by atoms with Gasteiger partial charge in [-0.25, -0.2) is 0 Å². The van der Waals surface area contributed by atoms with Gasteiger partial charge in [-0.05, 0) is 18.2 Å². The first-order valence-corrected chi connectivity index (χ1v) is 7.21. The van der Waals surface area contributed by atoms with Gasteiger partial charge in [0, 0.05) is 21.6 Å². The van der Waals surface area contributed by atoms with Crippen molar-refractivity contribution < 1.29 is 19.4 Å². The summed E-state index contributed by atoms with van der Waals surface area (Å²) in [6.45, 7) is 1.02. The van der Waals surface area contributed by atoms with E-state index in [0.29, 0.717) is 28.2 Å². The molecule has 1 saturated heterocycles. The summed E-state index contributed by atoms with van der Waals surface area (Å²) >= 11 is 9.22. The quantitative estimate of drug-likeness (QED) is 0.897. The summed E-state index contributed by atoms with van der Waals surface area (Å²) in [6.07, 6.45) is -0.131. The van der Waals surface area contributed by atoms with Crippen molar-refractivity contribution in [3.63, 3.8) is 0 Å². The molecule has 1 fully saturated rings. The van der Waals surface area contributed by atoms with Crippen molar-refractivity contribution in [3.8, 4) is 0 Å². The van der Waals surface area contributed by atoms with Crippen LogP contribution in [0.3, 0.4) is 0 Å². The largest absolute Gasteiger partial charge is 0.481 e. The lowest BCUT2D eigenvalue weighted by Gasteiger charge is -2.35. The molecule has 1 heterocycles. The number of nitrogens with zero attached hydrogens (tertiary/aromatic N) is 1. The minimum atomic E-state index is -0.953. The van der Waals surface area contributed by atoms with Crippen LogP contribution in [0.25, 0.3) is 0 Å². The second-order valence-corrected chi connectivity index (χ2v) is 5.84. The van der Waals surface area contributed by atoms with Crippen molar-refractivity contribution in [2.45, 2.75) is 12.5 Å². The molecule has 0 saturated carbocycles. The summed E-state index contributed by atoms with van der Waals surface area (Å²) in [4.78, 5) is 24.9. The van der Waals surface area contributed by atoms with Crippen LogP contribution in [0.1, 0.15) is 16.8 Å². The second kappa shape index (κ2) is 6.56. The van der Waals surface area contributed by atoms with E-state index in [1.54, 1.807) is 18.2 Å². The van der Waals surface area contributed by atoms with Gasteiger partial charge >= 0.3 is 5.97 Å². The summed E-state index contributed by atoms with van der Waals surface area (Å²) in [5.41, 5.74) is 0.432. The van der Waals surface area contributed by atoms with E-state index in [1.165, 1.54) is 4.90 Å². The van der Waals surface area contributed by atoms with Crippen molar-refractivity contribution in [1.82, 2.24) is 4.90 Å². The SMILES string of the molecule is O=C(O)CC1COCCN1C(=O)c1cc(Cl)cc(Br)c1. The lowest BCUT2D eigenvalue weighted by atomic mass is 10.1. The Labute approximate surface area is 129 Å². The van der Waals surface area contributed by atoms with Crippen LogP contribution < -0.4 is 0 Å². The van der Waals surface area contributed by atoms with Crippen LogP contribution in [0.5, 0.6) is 0 Å². The van der Waals surface area contributed by atoms with Crippen molar-refractivity contribution >= 4 is 39.4 Å². The number of carboxylic acids is 1. The number of halogens is 2. The maximum Gasteiger partial charge on any atom is 0.305 e. The van der Waals surface area contributed by atoms with Gasteiger partial charge in [0.15, 0.2) is 0 Å². The van der Waals surface area contributed by atoms with Gasteiger partial charge < -0.3 is 14.7 Å². The van der Waals surface area contributed by atoms with Crippen molar-refractivity contribution in [3.05, 3.63) is 33.3 Å². The second-order valence-electron chi connectivity index (χ2n) is 4.48. The summed E-state index contributed by atoms with van der Waals surface area (Å²) in [6, 6.07) is 4.47. The van der Waals surface area contributed by atoms with Gasteiger partial charge in [0.1, 0.15) is 0 Å². The van der Waals surface area contributed by atoms with Gasteiger partial charge in [0.05, 0.1) is 25.7 Å². The number of aliphatic carboxylic acids is 1. The van der Waals surface area contributed by atoms with Gasteiger partial charge in [0.25, 0.3) is 5.91 Å². The Balaban J connectivity index is 2.22. The number of ether oxygens (including phenoxy) is 1. The van der Waals surface area contributed by atoms with E-state index in [1.807, 2.05) is 0 Å². The van der Waals surface area contributed by atoms with E-state index in [-0.39, 0.29) is 18.9 Å². The predicted molar refractivity (Wildman–Crippen MR) is 77.0 cm³/mol. The summed E-state index contributed by atoms with van der Waals surface area (Å²) in [7, 11) is 0. The summed E-state index contributed by atoms with van der Waals surface area (Å²) in [5.74, 6) is -1.19. The predicted octanol–water partition coefficient (Wildman–Crippen LogP) is 2.42. The zero-order valence-corrected chi connectivity index (χ0v) is 12.9. The normalized spacial score (nSPS) is 18.9. The summed E-state index contributed by atoms with van der Waals surface area (Å²) in [5, 5.41) is 9.35. The fraction of sp³-hybridized carbons (Fsp3) is 0.385. The lowest BCUT2D eigenvalue weighted by molar-refractivity contribution is -0.139. The molecule has 1 aromatic carbocycles. The first kappa shape index (κ1) is 15.3. The third-order valence-electron chi connectivity index (χ3n) is 3.01. The fourth-order valence-electron chi connectivity index (χ4n) is 2.14. The average Bonchev–Trinajstić information content (AvgIpc) is 2.36. The monoisotopic (exact) mass is 361 g/mol. The molecule has 0 aromatic heterocycles. The molecule has 5 nitrogen and oxygen atoms in total. The minimum absolute atomic E-state index is 0.131. The Morgan fingerprint density at radius 1 is 1.45 bits per heavy atom. The maximum atomic E-state index is 12.5. The molecule has 0 bridgehead atoms. The molecular formula is C13H13BrClNO4. The third-order valence-corrected chi connectivity index (χ3v) is 3.68. The van der Waals surface area contributed by atoms with Crippen LogP contribution >= 0.6 is 27.5 Å². The molecule has 20 heavy (non-hydrogen) atoms. The summed E-state index contributed by atoms with van der Waals surface area (Å²) < 4.78 is 5.96. The highest BCUT2D eigenvalue weighted by molar-refractivity contribution is 9.10. The van der Waals surface area contributed by atoms with Gasteiger partial charge in [-0.15, -0.1) is 0 Å². The highest BCUT2D eigenvalue weighted by Gasteiger charge is 2.30. The van der Waals surface area contributed by atoms with E-state index in [0.717, 1.165) is 0 Å². The molecule has 0 spiro atoms. The number of benzene rings is 1. The molecule has 1 aliphatic rings. The number of carboxylic acid groups (broad SMARTS) is 1. The number of amides is 1. The number of carbonyl (C=O) groups is 2. The van der Waals surface area contributed by atoms with E-state index in [2.05, 4.69) is 15.9 Å². The van der Waals surface area contributed by atoms with Gasteiger partial charge in [0.2, 0.25) is 0 Å². The zero-order chi connectivity index (χ0) is 14.7. The van der Waals surface area contributed by atoms with Crippen molar-refractivity contribution in [2.24, 2.45) is 0 Å². The Kier molecular flexibility index (Phi) is 5.01. The molecule has 0 aliphatic carbocycles. The highest BCUT2D eigenvalue weighted by Crippen LogP contribution is 2.22. The Morgan fingerprint density at radius 3 is 2.85 bits per heavy atom. The van der Waals surface area contributed by atoms with E-state index in [9.17, 15) is 9.59 Å². The lowest BCUT2D eigenvalue weighted by Crippen LogP contribution is -2.49. The molecule has 2 rings (SSSR count). The molecule has 1 aliphatic heterocycles. The number of hydrogen-bond donors (Lipinski definition) is 1. The van der Waals surface area contributed by atoms with Crippen LogP contribution in [0, 0.1) is 0 Å². The molecule has 1 atom stereocenters. The highest BCUT2D eigenvalue weighted by atomic mass is 79.9. The smallest absolute Gasteiger partial charge is 0.305 e. The van der Waals surface area contributed by atoms with Crippen LogP contribution in [0.15, 0.2) is 22.7 Å². The van der Waals surface area contributed by atoms with E-state index in [4.69, 9.17) is 21.4 Å². The number of morpholine rings is 1. The average molecular weight is 363 g/mol. The minimum Gasteiger partial charge on any atom is -0.481 e. The molecule has 0 radical (unpaired) electrons. The molecule has 108 valence electrons. The molecular weight excluding hydrogens is 350 g/mol. The Morgan fingerprint density at radius 2 is 2.20 bits per heavy atom.